The molecule has 0 spiro atoms. The normalized spacial score (nSPS) is 15.4. The quantitative estimate of drug-likeness (QED) is 0.476. The molecule has 0 aliphatic carbocycles. The van der Waals surface area contributed by atoms with E-state index in [4.69, 9.17) is 4.74 Å². The number of hydrogen-bond donors (Lipinski definition) is 1. The van der Waals surface area contributed by atoms with Crippen molar-refractivity contribution in [3.63, 3.8) is 0 Å². The monoisotopic (exact) mass is 436 g/mol. The van der Waals surface area contributed by atoms with E-state index in [0.717, 1.165) is 31.3 Å². The summed E-state index contributed by atoms with van der Waals surface area (Å²) in [5, 5.41) is 4.58. The lowest BCUT2D eigenvalue weighted by atomic mass is 10.0. The molecule has 0 aromatic heterocycles. The van der Waals surface area contributed by atoms with Crippen LogP contribution in [0.5, 0.6) is 5.75 Å². The fourth-order valence-corrected chi connectivity index (χ4v) is 3.32. The number of ether oxygens (including phenoxy) is 1. The maximum Gasteiger partial charge on any atom is 0.328 e. The summed E-state index contributed by atoms with van der Waals surface area (Å²) in [6.07, 6.45) is 1.68. The minimum Gasteiger partial charge on any atom is -0.488 e. The molecule has 1 aliphatic rings. The number of carbonyl (C=O) groups excluding carboxylic acids is 2. The largest absolute Gasteiger partial charge is 0.488 e. The van der Waals surface area contributed by atoms with Gasteiger partial charge in [-0.2, -0.15) is 0 Å². The number of nitrogens with zero attached hydrogens (tertiary/aromatic N) is 1. The molecular weight excluding hydrogens is 420 g/mol. The van der Waals surface area contributed by atoms with E-state index < -0.39 is 6.03 Å². The van der Waals surface area contributed by atoms with Crippen LogP contribution in [0.3, 0.4) is 0 Å². The molecule has 0 bridgehead atoms. The predicted octanol–water partition coefficient (Wildman–Crippen LogP) is 4.70. The van der Waals surface area contributed by atoms with E-state index in [-0.39, 0.29) is 11.6 Å². The molecule has 3 aromatic carbocycles. The Kier molecular flexibility index (Phi) is 4.88. The molecule has 5 nitrogen and oxygen atoms in total. The maximum atomic E-state index is 12.3. The zero-order chi connectivity index (χ0) is 19.7. The number of halogens is 1. The van der Waals surface area contributed by atoms with Crippen molar-refractivity contribution in [1.29, 1.82) is 0 Å². The van der Waals surface area contributed by atoms with Crippen LogP contribution >= 0.6 is 15.9 Å². The summed E-state index contributed by atoms with van der Waals surface area (Å²) in [5.74, 6) is 0.280. The van der Waals surface area contributed by atoms with Crippen LogP contribution in [0.25, 0.3) is 16.8 Å². The Bertz CT molecular complexity index is 1110. The highest BCUT2D eigenvalue weighted by Crippen LogP contribution is 2.31. The Morgan fingerprint density at radius 1 is 1.04 bits per heavy atom. The topological polar surface area (TPSA) is 58.6 Å². The molecule has 28 heavy (non-hydrogen) atoms. The van der Waals surface area contributed by atoms with E-state index >= 15 is 0 Å². The van der Waals surface area contributed by atoms with Gasteiger partial charge in [-0.05, 0) is 40.6 Å². The highest BCUT2D eigenvalue weighted by Gasteiger charge is 2.30. The van der Waals surface area contributed by atoms with Gasteiger partial charge in [0.2, 0.25) is 0 Å². The number of carbonyl (C=O) groups is 2. The Morgan fingerprint density at radius 3 is 2.50 bits per heavy atom. The van der Waals surface area contributed by atoms with E-state index in [1.54, 1.807) is 6.08 Å². The fourth-order valence-electron chi connectivity index (χ4n) is 3.06. The molecule has 3 aromatic rings. The lowest BCUT2D eigenvalue weighted by Crippen LogP contribution is -2.25. The Morgan fingerprint density at radius 2 is 1.79 bits per heavy atom. The van der Waals surface area contributed by atoms with Gasteiger partial charge in [-0.25, -0.2) is 4.79 Å². The third kappa shape index (κ3) is 3.51. The molecular formula is C22H17BrN2O3. The van der Waals surface area contributed by atoms with Crippen molar-refractivity contribution >= 4 is 44.7 Å². The van der Waals surface area contributed by atoms with Gasteiger partial charge in [-0.15, -0.1) is 0 Å². The number of urea groups is 1. The molecule has 0 saturated carbocycles. The van der Waals surface area contributed by atoms with Crippen LogP contribution in [0.2, 0.25) is 0 Å². The second-order valence-corrected chi connectivity index (χ2v) is 7.38. The summed E-state index contributed by atoms with van der Waals surface area (Å²) < 4.78 is 7.08. The first-order valence-electron chi connectivity index (χ1n) is 8.72. The number of likely N-dealkylation sites (N-methyl/N-ethyl adjacent to an activating group) is 1. The molecule has 1 aliphatic heterocycles. The van der Waals surface area contributed by atoms with E-state index in [0.29, 0.717) is 12.4 Å². The third-order valence-corrected chi connectivity index (χ3v) is 5.14. The molecule has 4 rings (SSSR count). The molecule has 0 atom stereocenters. The number of hydrogen-bond acceptors (Lipinski definition) is 3. The Hall–Kier alpha value is -3.12. The predicted molar refractivity (Wildman–Crippen MR) is 112 cm³/mol. The van der Waals surface area contributed by atoms with Crippen LogP contribution in [0, 0.1) is 0 Å². The van der Waals surface area contributed by atoms with Crippen molar-refractivity contribution < 1.29 is 14.3 Å². The minimum absolute atomic E-state index is 0.234. The van der Waals surface area contributed by atoms with Gasteiger partial charge in [-0.3, -0.25) is 9.69 Å². The molecule has 1 heterocycles. The van der Waals surface area contributed by atoms with Gasteiger partial charge in [0.05, 0.1) is 0 Å². The van der Waals surface area contributed by atoms with Crippen LogP contribution in [0.15, 0.2) is 70.8 Å². The summed E-state index contributed by atoms with van der Waals surface area (Å²) in [6.45, 7) is 0.391. The number of nitrogens with one attached hydrogen (secondary N) is 1. The van der Waals surface area contributed by atoms with Gasteiger partial charge in [0, 0.05) is 17.1 Å². The number of imide groups is 1. The van der Waals surface area contributed by atoms with Gasteiger partial charge in [0.1, 0.15) is 18.1 Å². The van der Waals surface area contributed by atoms with E-state index in [1.807, 2.05) is 60.7 Å². The summed E-state index contributed by atoms with van der Waals surface area (Å²) in [4.78, 5) is 25.2. The fraction of sp³-hybridized carbons (Fsp3) is 0.0909. The van der Waals surface area contributed by atoms with Gasteiger partial charge >= 0.3 is 6.03 Å². The van der Waals surface area contributed by atoms with Crippen LogP contribution in [0.1, 0.15) is 11.1 Å². The van der Waals surface area contributed by atoms with Crippen molar-refractivity contribution in [1.82, 2.24) is 10.2 Å². The van der Waals surface area contributed by atoms with Crippen LogP contribution in [-0.4, -0.2) is 23.9 Å². The van der Waals surface area contributed by atoms with Crippen LogP contribution in [0.4, 0.5) is 4.79 Å². The summed E-state index contributed by atoms with van der Waals surface area (Å²) in [7, 11) is 1.45. The summed E-state index contributed by atoms with van der Waals surface area (Å²) in [5.41, 5.74) is 2.02. The highest BCUT2D eigenvalue weighted by molar-refractivity contribution is 9.10. The first-order chi connectivity index (χ1) is 13.5. The van der Waals surface area contributed by atoms with Crippen molar-refractivity contribution in [3.8, 4) is 5.75 Å². The Labute approximate surface area is 170 Å². The van der Waals surface area contributed by atoms with Crippen molar-refractivity contribution in [3.05, 3.63) is 82.0 Å². The van der Waals surface area contributed by atoms with Crippen molar-refractivity contribution in [2.75, 3.05) is 7.05 Å². The standard InChI is InChI=1S/C22H17BrN2O3/c1-25-21(26)19(24-22(25)27)12-18-17-5-3-2-4-15(17)8-11-20(18)28-13-14-6-9-16(23)10-7-14/h2-12H,13H2,1H3,(H,24,27)/b19-12+. The first kappa shape index (κ1) is 18.3. The van der Waals surface area contributed by atoms with Crippen LogP contribution in [-0.2, 0) is 11.4 Å². The zero-order valence-electron chi connectivity index (χ0n) is 15.1. The summed E-state index contributed by atoms with van der Waals surface area (Å²) in [6, 6.07) is 19.2. The van der Waals surface area contributed by atoms with Gasteiger partial charge in [0.15, 0.2) is 0 Å². The highest BCUT2D eigenvalue weighted by atomic mass is 79.9. The Balaban J connectivity index is 1.74. The smallest absolute Gasteiger partial charge is 0.328 e. The lowest BCUT2D eigenvalue weighted by molar-refractivity contribution is -0.121. The van der Waals surface area contributed by atoms with Crippen molar-refractivity contribution in [2.45, 2.75) is 6.61 Å². The van der Waals surface area contributed by atoms with E-state index in [9.17, 15) is 9.59 Å². The molecule has 0 unspecified atom stereocenters. The van der Waals surface area contributed by atoms with Gasteiger partial charge < -0.3 is 10.1 Å². The molecule has 1 saturated heterocycles. The van der Waals surface area contributed by atoms with Crippen molar-refractivity contribution in [2.24, 2.45) is 0 Å². The molecule has 3 amide bonds. The second-order valence-electron chi connectivity index (χ2n) is 6.47. The molecule has 1 fully saturated rings. The molecule has 6 heteroatoms. The molecule has 140 valence electrons. The average molecular weight is 437 g/mol. The molecule has 1 N–H and O–H groups in total. The maximum absolute atomic E-state index is 12.3. The van der Waals surface area contributed by atoms with E-state index in [1.165, 1.54) is 7.05 Å². The first-order valence-corrected chi connectivity index (χ1v) is 9.52. The third-order valence-electron chi connectivity index (χ3n) is 4.61. The van der Waals surface area contributed by atoms with E-state index in [2.05, 4.69) is 21.2 Å². The minimum atomic E-state index is -0.436. The number of benzene rings is 3. The van der Waals surface area contributed by atoms with Gasteiger partial charge in [0.25, 0.3) is 5.91 Å². The number of amides is 3. The SMILES string of the molecule is CN1C(=O)N/C(=C/c2c(OCc3ccc(Br)cc3)ccc3ccccc23)C1=O. The summed E-state index contributed by atoms with van der Waals surface area (Å²) >= 11 is 3.43. The van der Waals surface area contributed by atoms with Gasteiger partial charge in [-0.1, -0.05) is 58.4 Å². The lowest BCUT2D eigenvalue weighted by Gasteiger charge is -2.13. The molecule has 0 radical (unpaired) electrons. The second kappa shape index (κ2) is 7.48. The van der Waals surface area contributed by atoms with Crippen LogP contribution < -0.4 is 10.1 Å². The average Bonchev–Trinajstić information content (AvgIpc) is 2.95. The zero-order valence-corrected chi connectivity index (χ0v) is 16.7. The number of rotatable bonds is 4. The number of fused-ring (bicyclic) bond motifs is 1.